The molecule has 1 aliphatic rings. The molecule has 0 radical (unpaired) electrons. The molecule has 2 rings (SSSR count). The highest BCUT2D eigenvalue weighted by Gasteiger charge is 2.07. The van der Waals surface area contributed by atoms with Crippen LogP contribution in [0.4, 0.5) is 0 Å². The van der Waals surface area contributed by atoms with Crippen LogP contribution in [0.25, 0.3) is 0 Å². The summed E-state index contributed by atoms with van der Waals surface area (Å²) in [5, 5.41) is 4.39. The maximum absolute atomic E-state index is 2.35. The fourth-order valence-electron chi connectivity index (χ4n) is 1.66. The van der Waals surface area contributed by atoms with Crippen LogP contribution in [0.1, 0.15) is 12.0 Å². The quantitative estimate of drug-likeness (QED) is 0.749. The summed E-state index contributed by atoms with van der Waals surface area (Å²) in [4.78, 5) is 4.55. The predicted octanol–water partition coefficient (Wildman–Crippen LogP) is 2.36. The fourth-order valence-corrected chi connectivity index (χ4v) is 2.36. The first-order chi connectivity index (χ1) is 6.84. The van der Waals surface area contributed by atoms with E-state index in [1.165, 1.54) is 18.4 Å². The van der Waals surface area contributed by atoms with Gasteiger partial charge in [-0.25, -0.2) is 0 Å². The van der Waals surface area contributed by atoms with Crippen LogP contribution in [0.15, 0.2) is 29.2 Å². The number of hydrogen-bond donors (Lipinski definition) is 0. The molecule has 14 heavy (non-hydrogen) atoms. The Labute approximate surface area is 89.5 Å². The molecule has 0 atom stereocenters. The molecule has 0 N–H and O–H groups in total. The molecule has 0 aliphatic carbocycles. The summed E-state index contributed by atoms with van der Waals surface area (Å²) in [6.45, 7) is 2.21. The molecule has 0 fully saturated rings. The van der Waals surface area contributed by atoms with Gasteiger partial charge in [0.2, 0.25) is 0 Å². The van der Waals surface area contributed by atoms with Gasteiger partial charge >= 0.3 is 0 Å². The largest absolute Gasteiger partial charge is 0.362 e. The lowest BCUT2D eigenvalue weighted by atomic mass is 10.2. The van der Waals surface area contributed by atoms with Crippen molar-refractivity contribution in [2.24, 2.45) is 0 Å². The van der Waals surface area contributed by atoms with Crippen molar-refractivity contribution in [2.45, 2.75) is 12.8 Å². The minimum absolute atomic E-state index is 1.05. The summed E-state index contributed by atoms with van der Waals surface area (Å²) in [7, 11) is 2.11. The average molecular weight is 208 g/mol. The van der Waals surface area contributed by atoms with Gasteiger partial charge in [0.15, 0.2) is 0 Å². The van der Waals surface area contributed by atoms with Crippen LogP contribution in [0.3, 0.4) is 0 Å². The van der Waals surface area contributed by atoms with Crippen LogP contribution in [0.5, 0.6) is 0 Å². The van der Waals surface area contributed by atoms with Crippen LogP contribution in [-0.2, 0) is 6.42 Å². The van der Waals surface area contributed by atoms with Crippen molar-refractivity contribution < 1.29 is 0 Å². The lowest BCUT2D eigenvalue weighted by molar-refractivity contribution is 0.294. The Morgan fingerprint density at radius 3 is 3.00 bits per heavy atom. The van der Waals surface area contributed by atoms with E-state index in [9.17, 15) is 0 Å². The van der Waals surface area contributed by atoms with Gasteiger partial charge in [-0.3, -0.25) is 0 Å². The monoisotopic (exact) mass is 208 g/mol. The molecule has 1 aromatic heterocycles. The first-order valence-corrected chi connectivity index (χ1v) is 5.92. The van der Waals surface area contributed by atoms with E-state index in [2.05, 4.69) is 46.1 Å². The Morgan fingerprint density at radius 2 is 2.36 bits per heavy atom. The number of hydrogen-bond acceptors (Lipinski definition) is 3. The first kappa shape index (κ1) is 9.59. The number of aryl methyl sites for hydroxylation is 1. The maximum Gasteiger partial charge on any atom is 0.0890 e. The van der Waals surface area contributed by atoms with Crippen LogP contribution in [0, 0.1) is 0 Å². The van der Waals surface area contributed by atoms with E-state index >= 15 is 0 Å². The van der Waals surface area contributed by atoms with Gasteiger partial charge in [-0.2, -0.15) is 11.3 Å². The zero-order chi connectivity index (χ0) is 9.80. The average Bonchev–Trinajstić information content (AvgIpc) is 2.77. The smallest absolute Gasteiger partial charge is 0.0890 e. The topological polar surface area (TPSA) is 6.48 Å². The van der Waals surface area contributed by atoms with Crippen LogP contribution in [0.2, 0.25) is 0 Å². The number of rotatable bonds is 4. The molecular formula is C11H16N2S. The molecule has 0 saturated heterocycles. The van der Waals surface area contributed by atoms with Crippen LogP contribution >= 0.6 is 11.3 Å². The van der Waals surface area contributed by atoms with E-state index in [1.54, 1.807) is 11.3 Å². The molecule has 0 saturated carbocycles. The SMILES string of the molecule is CN1C=CN(CCCc2ccsc2)C1. The van der Waals surface area contributed by atoms with Gasteiger partial charge in [-0.05, 0) is 35.2 Å². The third-order valence-corrected chi connectivity index (χ3v) is 3.16. The summed E-state index contributed by atoms with van der Waals surface area (Å²) in [5.74, 6) is 0. The Kier molecular flexibility index (Phi) is 3.09. The van der Waals surface area contributed by atoms with E-state index in [0.29, 0.717) is 0 Å². The van der Waals surface area contributed by atoms with Crippen molar-refractivity contribution in [3.63, 3.8) is 0 Å². The molecular weight excluding hydrogens is 192 g/mol. The highest BCUT2D eigenvalue weighted by Crippen LogP contribution is 2.10. The number of thiophene rings is 1. The second-order valence-electron chi connectivity index (χ2n) is 3.74. The zero-order valence-electron chi connectivity index (χ0n) is 8.52. The maximum atomic E-state index is 2.35. The third kappa shape index (κ3) is 2.51. The standard InChI is InChI=1S/C11H16N2S/c1-12-6-7-13(10-12)5-2-3-11-4-8-14-9-11/h4,6-9H,2-3,5,10H2,1H3. The summed E-state index contributed by atoms with van der Waals surface area (Å²) < 4.78 is 0. The lowest BCUT2D eigenvalue weighted by Crippen LogP contribution is -2.23. The highest BCUT2D eigenvalue weighted by atomic mass is 32.1. The van der Waals surface area contributed by atoms with E-state index in [0.717, 1.165) is 13.2 Å². The zero-order valence-corrected chi connectivity index (χ0v) is 9.33. The lowest BCUT2D eigenvalue weighted by Gasteiger charge is -2.17. The van der Waals surface area contributed by atoms with E-state index in [4.69, 9.17) is 0 Å². The summed E-state index contributed by atoms with van der Waals surface area (Å²) >= 11 is 1.79. The van der Waals surface area contributed by atoms with E-state index in [1.807, 2.05) is 0 Å². The molecule has 0 unspecified atom stereocenters. The Balaban J connectivity index is 1.66. The Bertz CT molecular complexity index is 292. The molecule has 3 heteroatoms. The molecule has 2 heterocycles. The first-order valence-electron chi connectivity index (χ1n) is 4.98. The van der Waals surface area contributed by atoms with Crippen molar-refractivity contribution in [3.8, 4) is 0 Å². The van der Waals surface area contributed by atoms with Crippen molar-refractivity contribution in [3.05, 3.63) is 34.8 Å². The van der Waals surface area contributed by atoms with Gasteiger partial charge in [-0.15, -0.1) is 0 Å². The third-order valence-electron chi connectivity index (χ3n) is 2.43. The predicted molar refractivity (Wildman–Crippen MR) is 61.1 cm³/mol. The summed E-state index contributed by atoms with van der Waals surface area (Å²) in [6, 6.07) is 2.22. The normalized spacial score (nSPS) is 15.5. The minimum Gasteiger partial charge on any atom is -0.362 e. The second-order valence-corrected chi connectivity index (χ2v) is 4.52. The highest BCUT2D eigenvalue weighted by molar-refractivity contribution is 7.07. The minimum atomic E-state index is 1.05. The molecule has 76 valence electrons. The van der Waals surface area contributed by atoms with Crippen LogP contribution in [-0.4, -0.2) is 30.1 Å². The van der Waals surface area contributed by atoms with Gasteiger partial charge in [0, 0.05) is 26.0 Å². The molecule has 0 aromatic carbocycles. The second kappa shape index (κ2) is 4.51. The van der Waals surface area contributed by atoms with Crippen molar-refractivity contribution >= 4 is 11.3 Å². The van der Waals surface area contributed by atoms with Gasteiger partial charge < -0.3 is 9.80 Å². The Hall–Kier alpha value is -0.960. The summed E-state index contributed by atoms with van der Waals surface area (Å²) in [6.07, 6.45) is 6.75. The number of nitrogens with zero attached hydrogens (tertiary/aromatic N) is 2. The van der Waals surface area contributed by atoms with Crippen molar-refractivity contribution in [1.29, 1.82) is 0 Å². The molecule has 1 aromatic rings. The molecule has 0 amide bonds. The van der Waals surface area contributed by atoms with E-state index in [-0.39, 0.29) is 0 Å². The van der Waals surface area contributed by atoms with Gasteiger partial charge in [0.25, 0.3) is 0 Å². The van der Waals surface area contributed by atoms with Gasteiger partial charge in [0.1, 0.15) is 0 Å². The van der Waals surface area contributed by atoms with E-state index < -0.39 is 0 Å². The summed E-state index contributed by atoms with van der Waals surface area (Å²) in [5.41, 5.74) is 1.48. The van der Waals surface area contributed by atoms with Gasteiger partial charge in [0.05, 0.1) is 6.67 Å². The molecule has 0 spiro atoms. The van der Waals surface area contributed by atoms with Crippen molar-refractivity contribution in [1.82, 2.24) is 9.80 Å². The Morgan fingerprint density at radius 1 is 1.43 bits per heavy atom. The van der Waals surface area contributed by atoms with Gasteiger partial charge in [-0.1, -0.05) is 0 Å². The molecule has 1 aliphatic heterocycles. The molecule has 0 bridgehead atoms. The van der Waals surface area contributed by atoms with Crippen molar-refractivity contribution in [2.75, 3.05) is 20.3 Å². The fraction of sp³-hybridized carbons (Fsp3) is 0.455. The molecule has 2 nitrogen and oxygen atoms in total. The van der Waals surface area contributed by atoms with Crippen LogP contribution < -0.4 is 0 Å².